The fraction of sp³-hybridized carbons (Fsp3) is 0.769. The average molecular weight is 302 g/mol. The predicted octanol–water partition coefficient (Wildman–Crippen LogP) is 2.11. The molecule has 1 fully saturated rings. The number of rotatable bonds is 4. The average Bonchev–Trinajstić information content (AvgIpc) is 2.85. The molecule has 0 amide bonds. The van der Waals surface area contributed by atoms with Gasteiger partial charge in [0.15, 0.2) is 9.84 Å². The maximum Gasteiger partial charge on any atom is 0.154 e. The minimum Gasteiger partial charge on any atom is -0.310 e. The SMILES string of the molecule is CC(C)(C)c1nc(CNCC2CCCS2(=O)=O)cs1. The number of hydrogen-bond acceptors (Lipinski definition) is 5. The first-order valence-electron chi connectivity index (χ1n) is 6.66. The van der Waals surface area contributed by atoms with Crippen molar-refractivity contribution in [2.24, 2.45) is 0 Å². The molecule has 1 aromatic heterocycles. The first-order chi connectivity index (χ1) is 8.79. The Kier molecular flexibility index (Phi) is 4.32. The standard InChI is InChI=1S/C13H22N2O2S2/c1-13(2,3)12-15-10(9-18-12)7-14-8-11-5-4-6-19(11,16)17/h9,11,14H,4-8H2,1-3H3. The van der Waals surface area contributed by atoms with Gasteiger partial charge in [0.2, 0.25) is 0 Å². The first kappa shape index (κ1) is 14.9. The van der Waals surface area contributed by atoms with Gasteiger partial charge in [0.25, 0.3) is 0 Å². The topological polar surface area (TPSA) is 59.1 Å². The van der Waals surface area contributed by atoms with Crippen LogP contribution in [0.5, 0.6) is 0 Å². The Hall–Kier alpha value is -0.460. The van der Waals surface area contributed by atoms with Crippen LogP contribution < -0.4 is 5.32 Å². The summed E-state index contributed by atoms with van der Waals surface area (Å²) in [6.45, 7) is 7.64. The fourth-order valence-electron chi connectivity index (χ4n) is 2.18. The van der Waals surface area contributed by atoms with Gasteiger partial charge >= 0.3 is 0 Å². The molecule has 1 saturated heterocycles. The van der Waals surface area contributed by atoms with Crippen LogP contribution >= 0.6 is 11.3 Å². The van der Waals surface area contributed by atoms with Crippen LogP contribution in [0.3, 0.4) is 0 Å². The molecule has 1 aliphatic rings. The zero-order valence-corrected chi connectivity index (χ0v) is 13.4. The van der Waals surface area contributed by atoms with Gasteiger partial charge in [0.05, 0.1) is 21.7 Å². The molecule has 4 nitrogen and oxygen atoms in total. The quantitative estimate of drug-likeness (QED) is 0.925. The van der Waals surface area contributed by atoms with Gasteiger partial charge in [0, 0.05) is 23.9 Å². The van der Waals surface area contributed by atoms with E-state index in [1.165, 1.54) is 0 Å². The molecule has 2 heterocycles. The molecular weight excluding hydrogens is 280 g/mol. The number of sulfone groups is 1. The molecule has 1 aliphatic heterocycles. The van der Waals surface area contributed by atoms with E-state index in [1.54, 1.807) is 11.3 Å². The van der Waals surface area contributed by atoms with Gasteiger partial charge in [-0.15, -0.1) is 11.3 Å². The van der Waals surface area contributed by atoms with E-state index in [9.17, 15) is 8.42 Å². The third kappa shape index (κ3) is 3.77. The summed E-state index contributed by atoms with van der Waals surface area (Å²) in [5.41, 5.74) is 1.09. The van der Waals surface area contributed by atoms with Crippen LogP contribution in [-0.2, 0) is 21.8 Å². The monoisotopic (exact) mass is 302 g/mol. The Morgan fingerprint density at radius 2 is 2.21 bits per heavy atom. The van der Waals surface area contributed by atoms with Gasteiger partial charge in [-0.2, -0.15) is 0 Å². The lowest BCUT2D eigenvalue weighted by molar-refractivity contribution is 0.567. The maximum atomic E-state index is 11.7. The number of thiazole rings is 1. The van der Waals surface area contributed by atoms with Crippen molar-refractivity contribution < 1.29 is 8.42 Å². The number of aromatic nitrogens is 1. The Morgan fingerprint density at radius 3 is 2.74 bits per heavy atom. The first-order valence-corrected chi connectivity index (χ1v) is 9.26. The maximum absolute atomic E-state index is 11.7. The Bertz CT molecular complexity index is 529. The largest absolute Gasteiger partial charge is 0.310 e. The van der Waals surface area contributed by atoms with Crippen molar-refractivity contribution in [3.05, 3.63) is 16.1 Å². The molecule has 2 rings (SSSR count). The van der Waals surface area contributed by atoms with Crippen molar-refractivity contribution in [1.82, 2.24) is 10.3 Å². The summed E-state index contributed by atoms with van der Waals surface area (Å²) in [7, 11) is -2.84. The molecule has 0 spiro atoms. The molecule has 1 unspecified atom stereocenters. The Morgan fingerprint density at radius 1 is 1.47 bits per heavy atom. The fourth-order valence-corrected chi connectivity index (χ4v) is 4.89. The molecule has 108 valence electrons. The number of nitrogens with zero attached hydrogens (tertiary/aromatic N) is 1. The molecule has 0 saturated carbocycles. The summed E-state index contributed by atoms with van der Waals surface area (Å²) < 4.78 is 23.4. The van der Waals surface area contributed by atoms with Crippen LogP contribution in [-0.4, -0.2) is 30.9 Å². The lowest BCUT2D eigenvalue weighted by Crippen LogP contribution is -2.30. The van der Waals surface area contributed by atoms with E-state index in [0.29, 0.717) is 18.8 Å². The number of nitrogens with one attached hydrogen (secondary N) is 1. The summed E-state index contributed by atoms with van der Waals surface area (Å²) in [6.07, 6.45) is 1.60. The molecular formula is C13H22N2O2S2. The second-order valence-corrected chi connectivity index (χ2v) is 9.41. The number of hydrogen-bond donors (Lipinski definition) is 1. The second kappa shape index (κ2) is 5.50. The molecule has 0 radical (unpaired) electrons. The van der Waals surface area contributed by atoms with Crippen molar-refractivity contribution in [2.75, 3.05) is 12.3 Å². The van der Waals surface area contributed by atoms with Crippen LogP contribution in [0.1, 0.15) is 44.3 Å². The van der Waals surface area contributed by atoms with Crippen LogP contribution in [0.4, 0.5) is 0 Å². The zero-order valence-electron chi connectivity index (χ0n) is 11.8. The predicted molar refractivity (Wildman–Crippen MR) is 79.3 cm³/mol. The highest BCUT2D eigenvalue weighted by molar-refractivity contribution is 7.92. The summed E-state index contributed by atoms with van der Waals surface area (Å²) in [4.78, 5) is 4.59. The smallest absolute Gasteiger partial charge is 0.154 e. The normalized spacial score (nSPS) is 22.8. The minimum atomic E-state index is -2.84. The van der Waals surface area contributed by atoms with Gasteiger partial charge < -0.3 is 5.32 Å². The lowest BCUT2D eigenvalue weighted by atomic mass is 9.98. The summed E-state index contributed by atoms with van der Waals surface area (Å²) >= 11 is 1.67. The van der Waals surface area contributed by atoms with E-state index >= 15 is 0 Å². The van der Waals surface area contributed by atoms with Gasteiger partial charge in [-0.25, -0.2) is 13.4 Å². The third-order valence-corrected chi connectivity index (χ3v) is 6.93. The highest BCUT2D eigenvalue weighted by atomic mass is 32.2. The van der Waals surface area contributed by atoms with Crippen molar-refractivity contribution in [3.63, 3.8) is 0 Å². The van der Waals surface area contributed by atoms with Crippen LogP contribution in [0.15, 0.2) is 5.38 Å². The molecule has 1 atom stereocenters. The van der Waals surface area contributed by atoms with Crippen molar-refractivity contribution in [2.45, 2.75) is 50.8 Å². The summed E-state index contributed by atoms with van der Waals surface area (Å²) in [5, 5.41) is 6.20. The molecule has 0 aliphatic carbocycles. The highest BCUT2D eigenvalue weighted by Gasteiger charge is 2.30. The van der Waals surface area contributed by atoms with Gasteiger partial charge in [-0.3, -0.25) is 0 Å². The Labute approximate surface area is 119 Å². The molecule has 0 aromatic carbocycles. The minimum absolute atomic E-state index is 0.0811. The molecule has 19 heavy (non-hydrogen) atoms. The van der Waals surface area contributed by atoms with Crippen LogP contribution in [0.2, 0.25) is 0 Å². The van der Waals surface area contributed by atoms with Crippen LogP contribution in [0.25, 0.3) is 0 Å². The van der Waals surface area contributed by atoms with Gasteiger partial charge in [-0.05, 0) is 12.8 Å². The van der Waals surface area contributed by atoms with Crippen molar-refractivity contribution in [3.8, 4) is 0 Å². The summed E-state index contributed by atoms with van der Waals surface area (Å²) in [6, 6.07) is 0. The van der Waals surface area contributed by atoms with E-state index in [0.717, 1.165) is 23.5 Å². The van der Waals surface area contributed by atoms with Crippen LogP contribution in [0, 0.1) is 0 Å². The van der Waals surface area contributed by atoms with E-state index in [2.05, 4.69) is 36.5 Å². The summed E-state index contributed by atoms with van der Waals surface area (Å²) in [5.74, 6) is 0.351. The zero-order chi connectivity index (χ0) is 14.1. The molecule has 1 N–H and O–H groups in total. The third-order valence-electron chi connectivity index (χ3n) is 3.33. The molecule has 0 bridgehead atoms. The van der Waals surface area contributed by atoms with E-state index in [4.69, 9.17) is 0 Å². The van der Waals surface area contributed by atoms with E-state index < -0.39 is 9.84 Å². The highest BCUT2D eigenvalue weighted by Crippen LogP contribution is 2.25. The lowest BCUT2D eigenvalue weighted by Gasteiger charge is -2.13. The van der Waals surface area contributed by atoms with Crippen molar-refractivity contribution in [1.29, 1.82) is 0 Å². The molecule has 1 aromatic rings. The second-order valence-electron chi connectivity index (χ2n) is 6.16. The van der Waals surface area contributed by atoms with E-state index in [-0.39, 0.29) is 10.7 Å². The van der Waals surface area contributed by atoms with E-state index in [1.807, 2.05) is 0 Å². The van der Waals surface area contributed by atoms with Crippen molar-refractivity contribution >= 4 is 21.2 Å². The van der Waals surface area contributed by atoms with Gasteiger partial charge in [0.1, 0.15) is 0 Å². The Balaban J connectivity index is 1.85. The van der Waals surface area contributed by atoms with Gasteiger partial charge in [-0.1, -0.05) is 20.8 Å². The molecule has 6 heteroatoms.